The summed E-state index contributed by atoms with van der Waals surface area (Å²) < 4.78 is 70.0. The van der Waals surface area contributed by atoms with Crippen LogP contribution in [0.5, 0.6) is 5.75 Å². The number of carbonyl (C=O) groups is 1. The summed E-state index contributed by atoms with van der Waals surface area (Å²) in [5.74, 6) is 1.65. The number of hydrazone groups is 1. The van der Waals surface area contributed by atoms with Crippen LogP contribution in [0.3, 0.4) is 0 Å². The van der Waals surface area contributed by atoms with Gasteiger partial charge in [0, 0.05) is 11.5 Å². The highest BCUT2D eigenvalue weighted by atomic mass is 35.5. The third kappa shape index (κ3) is 7.02. The van der Waals surface area contributed by atoms with Crippen LogP contribution in [0.4, 0.5) is 18.9 Å². The smallest absolute Gasteiger partial charge is 0.417 e. The van der Waals surface area contributed by atoms with E-state index in [0.29, 0.717) is 21.7 Å². The molecule has 1 amide bonds. The van der Waals surface area contributed by atoms with Crippen molar-refractivity contribution in [1.29, 1.82) is 0 Å². The van der Waals surface area contributed by atoms with E-state index in [4.69, 9.17) is 16.3 Å². The Kier molecular flexibility index (Phi) is 7.80. The number of alkyl halides is 3. The molecule has 0 atom stereocenters. The summed E-state index contributed by atoms with van der Waals surface area (Å²) in [6.45, 7) is -0.780. The molecule has 0 spiro atoms. The highest BCUT2D eigenvalue weighted by Gasteiger charge is 2.34. The first-order valence-electron chi connectivity index (χ1n) is 9.44. The van der Waals surface area contributed by atoms with E-state index in [1.807, 2.05) is 0 Å². The molecule has 3 rings (SSSR count). The first-order valence-corrected chi connectivity index (χ1v) is 12.8. The van der Waals surface area contributed by atoms with E-state index in [0.717, 1.165) is 29.9 Å². The second-order valence-corrected chi connectivity index (χ2v) is 10.5. The Bertz CT molecular complexity index is 1160. The van der Waals surface area contributed by atoms with Crippen LogP contribution in [0.1, 0.15) is 11.1 Å². The van der Waals surface area contributed by atoms with Crippen LogP contribution in [0.15, 0.2) is 47.6 Å². The SMILES string of the molecule is CS(=O)(=O)N(CC(=O)N/N=C\c1cccc(OC2CSC2)c1)c1ccc(Cl)c(C(F)(F)F)c1. The quantitative estimate of drug-likeness (QED) is 0.422. The summed E-state index contributed by atoms with van der Waals surface area (Å²) in [7, 11) is -4.09. The third-order valence-corrected chi connectivity index (χ3v) is 7.09. The maximum absolute atomic E-state index is 13.1. The molecule has 33 heavy (non-hydrogen) atoms. The number of halogens is 4. The molecule has 178 valence electrons. The van der Waals surface area contributed by atoms with Crippen molar-refractivity contribution in [1.82, 2.24) is 5.43 Å². The lowest BCUT2D eigenvalue weighted by Gasteiger charge is -2.25. The van der Waals surface area contributed by atoms with Gasteiger partial charge in [-0.2, -0.15) is 30.0 Å². The van der Waals surface area contributed by atoms with E-state index in [9.17, 15) is 26.4 Å². The highest BCUT2D eigenvalue weighted by molar-refractivity contribution is 8.00. The number of sulfonamides is 1. The van der Waals surface area contributed by atoms with Gasteiger partial charge < -0.3 is 4.74 Å². The summed E-state index contributed by atoms with van der Waals surface area (Å²) >= 11 is 7.37. The van der Waals surface area contributed by atoms with E-state index in [-0.39, 0.29) is 11.8 Å². The number of anilines is 1. The molecule has 2 aromatic rings. The van der Waals surface area contributed by atoms with Crippen molar-refractivity contribution in [3.63, 3.8) is 0 Å². The molecule has 13 heteroatoms. The third-order valence-electron chi connectivity index (χ3n) is 4.40. The number of ether oxygens (including phenoxy) is 1. The van der Waals surface area contributed by atoms with Crippen LogP contribution in [-0.2, 0) is 21.0 Å². The molecule has 1 saturated heterocycles. The number of carbonyl (C=O) groups excluding carboxylic acids is 1. The Morgan fingerprint density at radius 1 is 1.30 bits per heavy atom. The van der Waals surface area contributed by atoms with Crippen LogP contribution >= 0.6 is 23.4 Å². The Morgan fingerprint density at radius 2 is 2.03 bits per heavy atom. The summed E-state index contributed by atoms with van der Waals surface area (Å²) in [6.07, 6.45) is -2.51. The Labute approximate surface area is 198 Å². The Morgan fingerprint density at radius 3 is 2.64 bits per heavy atom. The van der Waals surface area contributed by atoms with E-state index in [2.05, 4.69) is 10.5 Å². The van der Waals surface area contributed by atoms with E-state index in [1.54, 1.807) is 36.0 Å². The van der Waals surface area contributed by atoms with Gasteiger partial charge in [-0.3, -0.25) is 9.10 Å². The van der Waals surface area contributed by atoms with Gasteiger partial charge in [-0.05, 0) is 35.9 Å². The van der Waals surface area contributed by atoms with Crippen LogP contribution < -0.4 is 14.5 Å². The number of nitrogens with zero attached hydrogens (tertiary/aromatic N) is 2. The van der Waals surface area contributed by atoms with Gasteiger partial charge in [0.15, 0.2) is 0 Å². The fourth-order valence-corrected chi connectivity index (χ4v) is 4.41. The average molecular weight is 522 g/mol. The van der Waals surface area contributed by atoms with Gasteiger partial charge in [-0.1, -0.05) is 23.7 Å². The largest absolute Gasteiger partial charge is 0.489 e. The maximum Gasteiger partial charge on any atom is 0.417 e. The van der Waals surface area contributed by atoms with Crippen LogP contribution in [0.25, 0.3) is 0 Å². The minimum Gasteiger partial charge on any atom is -0.489 e. The van der Waals surface area contributed by atoms with Crippen LogP contribution in [-0.4, -0.2) is 50.9 Å². The molecular formula is C20H19ClF3N3O4S2. The molecule has 1 aliphatic rings. The predicted octanol–water partition coefficient (Wildman–Crippen LogP) is 3.77. The summed E-state index contributed by atoms with van der Waals surface area (Å²) in [6, 6.07) is 9.60. The molecule has 0 saturated carbocycles. The predicted molar refractivity (Wildman–Crippen MR) is 123 cm³/mol. The zero-order chi connectivity index (χ0) is 24.2. The molecule has 1 aliphatic heterocycles. The van der Waals surface area contributed by atoms with Gasteiger partial charge in [0.25, 0.3) is 5.91 Å². The lowest BCUT2D eigenvalue weighted by molar-refractivity contribution is -0.137. The fourth-order valence-electron chi connectivity index (χ4n) is 2.77. The summed E-state index contributed by atoms with van der Waals surface area (Å²) in [5, 5.41) is 3.20. The summed E-state index contributed by atoms with van der Waals surface area (Å²) in [5.41, 5.74) is 1.24. The van der Waals surface area contributed by atoms with E-state index < -0.39 is 39.2 Å². The lowest BCUT2D eigenvalue weighted by Crippen LogP contribution is -2.39. The van der Waals surface area contributed by atoms with Gasteiger partial charge in [0.2, 0.25) is 10.0 Å². The standard InChI is InChI=1S/C20H19ClF3N3O4S2/c1-33(29,30)27(14-5-6-18(21)17(8-14)20(22,23)24)10-19(28)26-25-9-13-3-2-4-15(7-13)31-16-11-32-12-16/h2-9,16H,10-12H2,1H3,(H,26,28)/b25-9-. The molecule has 0 unspecified atom stereocenters. The number of nitrogens with one attached hydrogen (secondary N) is 1. The van der Waals surface area contributed by atoms with Crippen molar-refractivity contribution >= 4 is 51.2 Å². The molecule has 1 heterocycles. The molecule has 0 aromatic heterocycles. The van der Waals surface area contributed by atoms with Crippen LogP contribution in [0.2, 0.25) is 5.02 Å². The molecule has 0 radical (unpaired) electrons. The van der Waals surface area contributed by atoms with Gasteiger partial charge in [-0.25, -0.2) is 13.8 Å². The van der Waals surface area contributed by atoms with Crippen molar-refractivity contribution in [2.75, 3.05) is 28.6 Å². The Balaban J connectivity index is 1.69. The molecule has 0 aliphatic carbocycles. The number of hydrogen-bond donors (Lipinski definition) is 1. The topological polar surface area (TPSA) is 88.1 Å². The van der Waals surface area contributed by atoms with Crippen molar-refractivity contribution in [2.24, 2.45) is 5.10 Å². The molecule has 2 aromatic carbocycles. The normalized spacial score (nSPS) is 14.7. The van der Waals surface area contributed by atoms with E-state index in [1.165, 1.54) is 6.21 Å². The van der Waals surface area contributed by atoms with Gasteiger partial charge in [-0.15, -0.1) is 0 Å². The fraction of sp³-hybridized carbons (Fsp3) is 0.300. The molecule has 7 nitrogen and oxygen atoms in total. The van der Waals surface area contributed by atoms with Gasteiger partial charge >= 0.3 is 6.18 Å². The zero-order valence-corrected chi connectivity index (χ0v) is 19.6. The molecular weight excluding hydrogens is 503 g/mol. The minimum absolute atomic E-state index is 0.162. The molecule has 1 N–H and O–H groups in total. The maximum atomic E-state index is 13.1. The Hall–Kier alpha value is -2.44. The van der Waals surface area contributed by atoms with Crippen molar-refractivity contribution in [2.45, 2.75) is 12.3 Å². The van der Waals surface area contributed by atoms with Crippen molar-refractivity contribution in [3.8, 4) is 5.75 Å². The van der Waals surface area contributed by atoms with Crippen molar-refractivity contribution in [3.05, 3.63) is 58.6 Å². The number of rotatable bonds is 8. The van der Waals surface area contributed by atoms with Crippen LogP contribution in [0, 0.1) is 0 Å². The molecule has 1 fully saturated rings. The lowest BCUT2D eigenvalue weighted by atomic mass is 10.2. The number of hydrogen-bond acceptors (Lipinski definition) is 6. The number of amides is 1. The first-order chi connectivity index (χ1) is 15.4. The molecule has 0 bridgehead atoms. The second kappa shape index (κ2) is 10.2. The first kappa shape index (κ1) is 25.2. The zero-order valence-electron chi connectivity index (χ0n) is 17.2. The highest BCUT2D eigenvalue weighted by Crippen LogP contribution is 2.37. The number of thioether (sulfide) groups is 1. The minimum atomic E-state index is -4.79. The van der Waals surface area contributed by atoms with Crippen molar-refractivity contribution < 1.29 is 31.1 Å². The van der Waals surface area contributed by atoms with Gasteiger partial charge in [0.1, 0.15) is 18.4 Å². The van der Waals surface area contributed by atoms with Gasteiger partial charge in [0.05, 0.1) is 28.7 Å². The summed E-state index contributed by atoms with van der Waals surface area (Å²) in [4.78, 5) is 12.3. The second-order valence-electron chi connectivity index (χ2n) is 7.07. The average Bonchev–Trinajstić information content (AvgIpc) is 2.68. The monoisotopic (exact) mass is 521 g/mol. The van der Waals surface area contributed by atoms with E-state index >= 15 is 0 Å². The number of benzene rings is 2.